The fraction of sp³-hybridized carbons (Fsp3) is 0.750. The van der Waals surface area contributed by atoms with Gasteiger partial charge in [-0.1, -0.05) is 12.8 Å². The molecular weight excluding hydrogens is 294 g/mol. The molecule has 3 rings (SSSR count). The molecule has 23 heavy (non-hydrogen) atoms. The average molecular weight is 321 g/mol. The molecule has 1 aromatic heterocycles. The lowest BCUT2D eigenvalue weighted by Gasteiger charge is -2.35. The number of ether oxygens (including phenoxy) is 1. The summed E-state index contributed by atoms with van der Waals surface area (Å²) in [5, 5.41) is 0. The third kappa shape index (κ3) is 2.77. The number of likely N-dealkylation sites (tertiary alicyclic amines) is 1. The van der Waals surface area contributed by atoms with Crippen molar-refractivity contribution in [3.63, 3.8) is 0 Å². The minimum absolute atomic E-state index is 0.0493. The summed E-state index contributed by atoms with van der Waals surface area (Å²) in [6, 6.07) is -0.739. The molecule has 1 aromatic rings. The number of aromatic nitrogens is 2. The highest BCUT2D eigenvalue weighted by Crippen LogP contribution is 2.36. The predicted molar refractivity (Wildman–Crippen MR) is 86.7 cm³/mol. The van der Waals surface area contributed by atoms with Crippen LogP contribution in [-0.2, 0) is 16.6 Å². The zero-order valence-corrected chi connectivity index (χ0v) is 13.9. The van der Waals surface area contributed by atoms with Crippen molar-refractivity contribution < 1.29 is 9.53 Å². The van der Waals surface area contributed by atoms with E-state index in [1.165, 1.54) is 0 Å². The largest absolute Gasteiger partial charge is 0.376 e. The number of imidazole rings is 1. The van der Waals surface area contributed by atoms with Crippen LogP contribution in [0.15, 0.2) is 12.4 Å². The second kappa shape index (κ2) is 6.22. The van der Waals surface area contributed by atoms with Crippen molar-refractivity contribution in [3.05, 3.63) is 18.2 Å². The Kier molecular flexibility index (Phi) is 4.44. The number of nitrogens with zero attached hydrogens (tertiary/aromatic N) is 3. The van der Waals surface area contributed by atoms with Gasteiger partial charge in [-0.25, -0.2) is 4.98 Å². The Morgan fingerprint density at radius 3 is 2.70 bits per heavy atom. The Labute approximate surface area is 137 Å². The summed E-state index contributed by atoms with van der Waals surface area (Å²) >= 11 is 0. The number of hydrogen-bond acceptors (Lipinski definition) is 5. The molecule has 1 aliphatic carbocycles. The first kappa shape index (κ1) is 16.4. The molecular formula is C16H27N5O2. The summed E-state index contributed by atoms with van der Waals surface area (Å²) < 4.78 is 7.63. The minimum atomic E-state index is -0.623. The SMILES string of the molecule is COC1(C(N)C(=O)N2C[C@@H](N)[C@H](c3nccn3C)C2)CCCC1. The third-order valence-electron chi connectivity index (χ3n) is 5.56. The van der Waals surface area contributed by atoms with Gasteiger partial charge in [0.25, 0.3) is 0 Å². The number of carbonyl (C=O) groups is 1. The van der Waals surface area contributed by atoms with E-state index in [2.05, 4.69) is 4.98 Å². The maximum atomic E-state index is 12.9. The van der Waals surface area contributed by atoms with Crippen molar-refractivity contribution in [3.8, 4) is 0 Å². The number of amides is 1. The van der Waals surface area contributed by atoms with Gasteiger partial charge in [-0.3, -0.25) is 4.79 Å². The summed E-state index contributed by atoms with van der Waals surface area (Å²) in [5.74, 6) is 0.915. The average Bonchev–Trinajstić information content (AvgIpc) is 3.26. The van der Waals surface area contributed by atoms with E-state index in [4.69, 9.17) is 16.2 Å². The molecule has 2 heterocycles. The molecule has 7 nitrogen and oxygen atoms in total. The van der Waals surface area contributed by atoms with E-state index in [1.54, 1.807) is 18.2 Å². The first-order valence-corrected chi connectivity index (χ1v) is 8.31. The summed E-state index contributed by atoms with van der Waals surface area (Å²) in [6.45, 7) is 1.09. The van der Waals surface area contributed by atoms with Gasteiger partial charge in [0.1, 0.15) is 11.9 Å². The molecule has 1 saturated heterocycles. The first-order valence-electron chi connectivity index (χ1n) is 8.31. The Morgan fingerprint density at radius 1 is 1.43 bits per heavy atom. The lowest BCUT2D eigenvalue weighted by molar-refractivity contribution is -0.140. The maximum Gasteiger partial charge on any atom is 0.242 e. The number of rotatable bonds is 4. The summed E-state index contributed by atoms with van der Waals surface area (Å²) in [5.41, 5.74) is 12.1. The highest BCUT2D eigenvalue weighted by molar-refractivity contribution is 5.83. The molecule has 0 aromatic carbocycles. The Hall–Kier alpha value is -1.44. The van der Waals surface area contributed by atoms with Crippen molar-refractivity contribution in [2.24, 2.45) is 18.5 Å². The van der Waals surface area contributed by atoms with Crippen molar-refractivity contribution in [1.82, 2.24) is 14.5 Å². The summed E-state index contributed by atoms with van der Waals surface area (Å²) in [6.07, 6.45) is 7.47. The Bertz CT molecular complexity index is 567. The van der Waals surface area contributed by atoms with Crippen LogP contribution in [0.2, 0.25) is 0 Å². The quantitative estimate of drug-likeness (QED) is 0.810. The number of nitrogens with two attached hydrogens (primary N) is 2. The van der Waals surface area contributed by atoms with Crippen molar-refractivity contribution in [1.29, 1.82) is 0 Å². The zero-order valence-electron chi connectivity index (χ0n) is 13.9. The molecule has 128 valence electrons. The van der Waals surface area contributed by atoms with Gasteiger partial charge in [0, 0.05) is 45.7 Å². The van der Waals surface area contributed by atoms with Gasteiger partial charge in [0.05, 0.1) is 11.5 Å². The van der Waals surface area contributed by atoms with Crippen LogP contribution in [0.4, 0.5) is 0 Å². The molecule has 1 aliphatic heterocycles. The molecule has 1 saturated carbocycles. The molecule has 1 amide bonds. The molecule has 1 unspecified atom stereocenters. The van der Waals surface area contributed by atoms with E-state index < -0.39 is 11.6 Å². The molecule has 4 N–H and O–H groups in total. The van der Waals surface area contributed by atoms with E-state index in [0.29, 0.717) is 13.1 Å². The molecule has 0 bridgehead atoms. The molecule has 7 heteroatoms. The Balaban J connectivity index is 1.73. The van der Waals surface area contributed by atoms with E-state index >= 15 is 0 Å². The monoisotopic (exact) mass is 321 g/mol. The van der Waals surface area contributed by atoms with E-state index in [0.717, 1.165) is 31.5 Å². The van der Waals surface area contributed by atoms with Gasteiger partial charge >= 0.3 is 0 Å². The normalized spacial score (nSPS) is 28.3. The second-order valence-corrected chi connectivity index (χ2v) is 6.86. The highest BCUT2D eigenvalue weighted by Gasteiger charge is 2.47. The number of methoxy groups -OCH3 is 1. The predicted octanol–water partition coefficient (Wildman–Crippen LogP) is -0.0403. The fourth-order valence-electron chi connectivity index (χ4n) is 4.05. The molecule has 0 spiro atoms. The lowest BCUT2D eigenvalue weighted by Crippen LogP contribution is -2.57. The van der Waals surface area contributed by atoms with Crippen LogP contribution in [0.3, 0.4) is 0 Å². The van der Waals surface area contributed by atoms with Gasteiger partial charge in [-0.15, -0.1) is 0 Å². The van der Waals surface area contributed by atoms with Crippen LogP contribution in [0.1, 0.15) is 37.4 Å². The van der Waals surface area contributed by atoms with Crippen molar-refractivity contribution in [2.75, 3.05) is 20.2 Å². The van der Waals surface area contributed by atoms with Gasteiger partial charge in [-0.05, 0) is 12.8 Å². The summed E-state index contributed by atoms with van der Waals surface area (Å²) in [4.78, 5) is 19.0. The van der Waals surface area contributed by atoms with Crippen LogP contribution in [0.5, 0.6) is 0 Å². The maximum absolute atomic E-state index is 12.9. The summed E-state index contributed by atoms with van der Waals surface area (Å²) in [7, 11) is 3.61. The van der Waals surface area contributed by atoms with E-state index in [-0.39, 0.29) is 17.9 Å². The van der Waals surface area contributed by atoms with Crippen LogP contribution in [0.25, 0.3) is 0 Å². The van der Waals surface area contributed by atoms with Gasteiger partial charge in [-0.2, -0.15) is 0 Å². The Morgan fingerprint density at radius 2 is 2.13 bits per heavy atom. The van der Waals surface area contributed by atoms with Crippen molar-refractivity contribution >= 4 is 5.91 Å². The standard InChI is InChI=1S/C16H27N5O2/c1-20-8-7-19-14(20)11-9-21(10-12(11)17)15(22)13(18)16(23-2)5-3-4-6-16/h7-8,11-13H,3-6,9-10,17-18H2,1-2H3/t11-,12-,13?/m1/s1. The van der Waals surface area contributed by atoms with Gasteiger partial charge < -0.3 is 25.7 Å². The zero-order chi connectivity index (χ0) is 16.6. The molecule has 3 atom stereocenters. The second-order valence-electron chi connectivity index (χ2n) is 6.86. The molecule has 2 aliphatic rings. The van der Waals surface area contributed by atoms with Crippen LogP contribution in [0, 0.1) is 0 Å². The molecule has 0 radical (unpaired) electrons. The van der Waals surface area contributed by atoms with Crippen LogP contribution < -0.4 is 11.5 Å². The number of carbonyl (C=O) groups excluding carboxylic acids is 1. The van der Waals surface area contributed by atoms with Crippen LogP contribution >= 0.6 is 0 Å². The van der Waals surface area contributed by atoms with E-state index in [9.17, 15) is 4.79 Å². The number of aryl methyl sites for hydroxylation is 1. The minimum Gasteiger partial charge on any atom is -0.376 e. The first-order chi connectivity index (χ1) is 11.0. The highest BCUT2D eigenvalue weighted by atomic mass is 16.5. The third-order valence-corrected chi connectivity index (χ3v) is 5.56. The lowest BCUT2D eigenvalue weighted by atomic mass is 9.91. The number of hydrogen-bond donors (Lipinski definition) is 2. The fourth-order valence-corrected chi connectivity index (χ4v) is 4.05. The van der Waals surface area contributed by atoms with E-state index in [1.807, 2.05) is 17.8 Å². The van der Waals surface area contributed by atoms with Gasteiger partial charge in [0.15, 0.2) is 0 Å². The topological polar surface area (TPSA) is 99.4 Å². The van der Waals surface area contributed by atoms with Crippen molar-refractivity contribution in [2.45, 2.75) is 49.3 Å². The van der Waals surface area contributed by atoms with Gasteiger partial charge in [0.2, 0.25) is 5.91 Å². The van der Waals surface area contributed by atoms with Crippen LogP contribution in [-0.4, -0.2) is 58.2 Å². The molecule has 2 fully saturated rings. The smallest absolute Gasteiger partial charge is 0.242 e.